The van der Waals surface area contributed by atoms with Gasteiger partial charge >= 0.3 is 0 Å². The summed E-state index contributed by atoms with van der Waals surface area (Å²) in [5.41, 5.74) is 7.19. The number of rotatable bonds is 2. The third-order valence-corrected chi connectivity index (χ3v) is 5.50. The lowest BCUT2D eigenvalue weighted by molar-refractivity contribution is 0.0685. The maximum Gasteiger partial charge on any atom is 0.266 e. The van der Waals surface area contributed by atoms with E-state index in [0.29, 0.717) is 22.1 Å². The number of hydrogen-bond donors (Lipinski definition) is 1. The summed E-state index contributed by atoms with van der Waals surface area (Å²) < 4.78 is 0. The molecule has 21 heavy (non-hydrogen) atoms. The molecule has 0 radical (unpaired) electrons. The van der Waals surface area contributed by atoms with E-state index in [0.717, 1.165) is 23.6 Å². The number of carbonyl (C=O) groups excluding carboxylic acids is 1. The topological polar surface area (TPSA) is 72.1 Å². The second-order valence-corrected chi connectivity index (χ2v) is 6.88. The van der Waals surface area contributed by atoms with Crippen LogP contribution in [0.5, 0.6) is 0 Å². The monoisotopic (exact) mass is 304 g/mol. The van der Waals surface area contributed by atoms with Crippen LogP contribution < -0.4 is 5.73 Å². The molecule has 1 aliphatic carbocycles. The second-order valence-electron chi connectivity index (χ2n) is 5.88. The van der Waals surface area contributed by atoms with Crippen molar-refractivity contribution in [1.82, 2.24) is 14.9 Å². The molecule has 1 aliphatic rings. The number of hydrogen-bond acceptors (Lipinski definition) is 5. The van der Waals surface area contributed by atoms with Crippen molar-refractivity contribution in [2.75, 3.05) is 12.8 Å². The van der Waals surface area contributed by atoms with Gasteiger partial charge in [0.05, 0.1) is 5.69 Å². The lowest BCUT2D eigenvalue weighted by atomic mass is 9.87. The average Bonchev–Trinajstić information content (AvgIpc) is 2.84. The Balaban J connectivity index is 1.84. The molecule has 2 aromatic heterocycles. The van der Waals surface area contributed by atoms with E-state index in [1.54, 1.807) is 12.4 Å². The molecule has 5 nitrogen and oxygen atoms in total. The lowest BCUT2D eigenvalue weighted by Crippen LogP contribution is -2.39. The number of carbonyl (C=O) groups is 1. The molecule has 1 amide bonds. The predicted octanol–water partition coefficient (Wildman–Crippen LogP) is 2.92. The van der Waals surface area contributed by atoms with Crippen LogP contribution in [0.3, 0.4) is 0 Å². The van der Waals surface area contributed by atoms with Crippen LogP contribution in [0, 0.1) is 5.92 Å². The highest BCUT2D eigenvalue weighted by Gasteiger charge is 2.28. The molecule has 0 bridgehead atoms. The zero-order valence-corrected chi connectivity index (χ0v) is 13.2. The normalized spacial score (nSPS) is 22.4. The van der Waals surface area contributed by atoms with E-state index < -0.39 is 0 Å². The molecule has 3 rings (SSSR count). The zero-order valence-electron chi connectivity index (χ0n) is 12.4. The van der Waals surface area contributed by atoms with Gasteiger partial charge in [0.25, 0.3) is 5.91 Å². The highest BCUT2D eigenvalue weighted by Crippen LogP contribution is 2.33. The fourth-order valence-electron chi connectivity index (χ4n) is 2.96. The van der Waals surface area contributed by atoms with Crippen LogP contribution in [0.2, 0.25) is 0 Å². The molecular formula is C15H20N4OS. The lowest BCUT2D eigenvalue weighted by Gasteiger charge is -2.33. The van der Waals surface area contributed by atoms with E-state index in [9.17, 15) is 4.79 Å². The average molecular weight is 304 g/mol. The Bertz CT molecular complexity index is 661. The molecule has 6 heteroatoms. The minimum Gasteiger partial charge on any atom is -0.396 e. The Labute approximate surface area is 128 Å². The van der Waals surface area contributed by atoms with Crippen LogP contribution >= 0.6 is 11.3 Å². The number of nitrogens with two attached hydrogens (primary N) is 1. The number of aromatic nitrogens is 2. The molecule has 0 aromatic carbocycles. The first kappa shape index (κ1) is 14.3. The number of nitrogen functional groups attached to an aromatic ring is 1. The van der Waals surface area contributed by atoms with Crippen LogP contribution in [0.1, 0.15) is 42.3 Å². The molecule has 2 N–H and O–H groups in total. The van der Waals surface area contributed by atoms with Gasteiger partial charge in [0.15, 0.2) is 0 Å². The maximum atomic E-state index is 12.7. The van der Waals surface area contributed by atoms with Crippen LogP contribution in [0.4, 0.5) is 5.69 Å². The van der Waals surface area contributed by atoms with Crippen molar-refractivity contribution >= 4 is 33.3 Å². The molecule has 2 aromatic rings. The van der Waals surface area contributed by atoms with E-state index in [1.807, 2.05) is 11.9 Å². The molecule has 0 saturated heterocycles. The van der Waals surface area contributed by atoms with Gasteiger partial charge in [0.2, 0.25) is 0 Å². The van der Waals surface area contributed by atoms with Crippen molar-refractivity contribution in [3.8, 4) is 0 Å². The van der Waals surface area contributed by atoms with Gasteiger partial charge < -0.3 is 10.6 Å². The molecule has 0 unspecified atom stereocenters. The zero-order chi connectivity index (χ0) is 15.0. The van der Waals surface area contributed by atoms with E-state index in [2.05, 4.69) is 16.9 Å². The van der Waals surface area contributed by atoms with Gasteiger partial charge in [-0.05, 0) is 31.6 Å². The molecule has 1 saturated carbocycles. The molecule has 2 heterocycles. The number of thiophene rings is 1. The minimum atomic E-state index is -0.00291. The first-order chi connectivity index (χ1) is 10.1. The summed E-state index contributed by atoms with van der Waals surface area (Å²) in [5.74, 6) is 0.768. The van der Waals surface area contributed by atoms with Crippen molar-refractivity contribution in [1.29, 1.82) is 0 Å². The first-order valence-electron chi connectivity index (χ1n) is 7.34. The highest BCUT2D eigenvalue weighted by atomic mass is 32.1. The van der Waals surface area contributed by atoms with Crippen LogP contribution in [0.15, 0.2) is 12.4 Å². The largest absolute Gasteiger partial charge is 0.396 e. The van der Waals surface area contributed by atoms with Crippen molar-refractivity contribution in [3.05, 3.63) is 17.3 Å². The SMILES string of the molecule is CC1CCC(N(C)C(=O)c2sc3nccnc3c2N)CC1. The highest BCUT2D eigenvalue weighted by molar-refractivity contribution is 7.21. The molecule has 0 atom stereocenters. The van der Waals surface area contributed by atoms with Crippen LogP contribution in [-0.4, -0.2) is 33.9 Å². The van der Waals surface area contributed by atoms with E-state index in [4.69, 9.17) is 5.73 Å². The Hall–Kier alpha value is -1.69. The van der Waals surface area contributed by atoms with Crippen LogP contribution in [-0.2, 0) is 0 Å². The molecule has 0 aliphatic heterocycles. The Morgan fingerprint density at radius 3 is 2.62 bits per heavy atom. The Morgan fingerprint density at radius 1 is 1.29 bits per heavy atom. The summed E-state index contributed by atoms with van der Waals surface area (Å²) in [4.78, 5) is 24.3. The predicted molar refractivity (Wildman–Crippen MR) is 85.3 cm³/mol. The summed E-state index contributed by atoms with van der Waals surface area (Å²) in [5, 5.41) is 0. The first-order valence-corrected chi connectivity index (χ1v) is 8.15. The molecule has 0 spiro atoms. The van der Waals surface area contributed by atoms with Gasteiger partial charge in [-0.15, -0.1) is 11.3 Å². The van der Waals surface area contributed by atoms with E-state index in [-0.39, 0.29) is 5.91 Å². The fraction of sp³-hybridized carbons (Fsp3) is 0.533. The molecular weight excluding hydrogens is 284 g/mol. The quantitative estimate of drug-likeness (QED) is 0.926. The van der Waals surface area contributed by atoms with Gasteiger partial charge in [-0.2, -0.15) is 0 Å². The number of nitrogens with zero attached hydrogens (tertiary/aromatic N) is 3. The second kappa shape index (κ2) is 5.60. The molecule has 1 fully saturated rings. The van der Waals surface area contributed by atoms with Gasteiger partial charge in [0, 0.05) is 25.5 Å². The van der Waals surface area contributed by atoms with E-state index >= 15 is 0 Å². The maximum absolute atomic E-state index is 12.7. The number of fused-ring (bicyclic) bond motifs is 1. The van der Waals surface area contributed by atoms with Crippen LogP contribution in [0.25, 0.3) is 10.3 Å². The third kappa shape index (κ3) is 2.60. The van der Waals surface area contributed by atoms with Gasteiger partial charge in [-0.3, -0.25) is 4.79 Å². The van der Waals surface area contributed by atoms with Crippen molar-refractivity contribution in [3.63, 3.8) is 0 Å². The summed E-state index contributed by atoms with van der Waals surface area (Å²) in [6, 6.07) is 0.319. The van der Waals surface area contributed by atoms with Gasteiger partial charge in [-0.25, -0.2) is 9.97 Å². The van der Waals surface area contributed by atoms with E-state index in [1.165, 1.54) is 24.2 Å². The minimum absolute atomic E-state index is 0.00291. The Morgan fingerprint density at radius 2 is 1.95 bits per heavy atom. The molecule has 112 valence electrons. The summed E-state index contributed by atoms with van der Waals surface area (Å²) in [6.45, 7) is 2.28. The van der Waals surface area contributed by atoms with Gasteiger partial charge in [0.1, 0.15) is 15.2 Å². The smallest absolute Gasteiger partial charge is 0.266 e. The number of anilines is 1. The summed E-state index contributed by atoms with van der Waals surface area (Å²) in [6.07, 6.45) is 7.75. The van der Waals surface area contributed by atoms with Crippen molar-refractivity contribution in [2.45, 2.75) is 38.6 Å². The number of amides is 1. The third-order valence-electron chi connectivity index (χ3n) is 4.41. The van der Waals surface area contributed by atoms with Crippen molar-refractivity contribution in [2.24, 2.45) is 5.92 Å². The Kier molecular flexibility index (Phi) is 3.80. The fourth-order valence-corrected chi connectivity index (χ4v) is 3.96. The standard InChI is InChI=1S/C15H20N4OS/c1-9-3-5-10(6-4-9)19(2)15(20)13-11(16)12-14(21-13)18-8-7-17-12/h7-10H,3-6,16H2,1-2H3. The van der Waals surface area contributed by atoms with Crippen molar-refractivity contribution < 1.29 is 4.79 Å². The van der Waals surface area contributed by atoms with Gasteiger partial charge in [-0.1, -0.05) is 6.92 Å². The summed E-state index contributed by atoms with van der Waals surface area (Å²) in [7, 11) is 1.88. The summed E-state index contributed by atoms with van der Waals surface area (Å²) >= 11 is 1.34.